The molecule has 2 aliphatic rings. The van der Waals surface area contributed by atoms with Crippen LogP contribution < -0.4 is 4.90 Å². The van der Waals surface area contributed by atoms with Crippen molar-refractivity contribution in [3.05, 3.63) is 29.8 Å². The van der Waals surface area contributed by atoms with Gasteiger partial charge in [0, 0.05) is 12.2 Å². The third-order valence-corrected chi connectivity index (χ3v) is 6.33. The number of hydrogen-bond donors (Lipinski definition) is 1. The molecule has 1 atom stereocenters. The second-order valence-corrected chi connectivity index (χ2v) is 9.11. The number of nitrogens with zero attached hydrogens (tertiary/aromatic N) is 1. The number of hydrogen-bond acceptors (Lipinski definition) is 2. The average Bonchev–Trinajstić information content (AvgIpc) is 2.90. The fraction of sp³-hybridized carbons (Fsp3) is 0.667. The third-order valence-electron chi connectivity index (χ3n) is 6.33. The van der Waals surface area contributed by atoms with Gasteiger partial charge in [-0.05, 0) is 61.1 Å². The lowest BCUT2D eigenvalue weighted by Gasteiger charge is -2.37. The first-order chi connectivity index (χ1) is 12.4. The van der Waals surface area contributed by atoms with Crippen molar-refractivity contribution in [3.8, 4) is 0 Å². The standard InChI is InChI=1S/C21H28F3NO2/c1-19(2,3)15-4-6-16(7-5-15)25-13-12-20(18(25)27)10-8-14(9-11-20)17(26)21(22,23)24/h4-7,14,17,26H,8-13H2,1-3H3/t14-,17?,20-. The van der Waals surface area contributed by atoms with Crippen molar-refractivity contribution >= 4 is 11.6 Å². The highest BCUT2D eigenvalue weighted by Crippen LogP contribution is 2.49. The van der Waals surface area contributed by atoms with Crippen molar-refractivity contribution < 1.29 is 23.1 Å². The number of carbonyl (C=O) groups excluding carboxylic acids is 1. The molecule has 1 aromatic carbocycles. The number of carbonyl (C=O) groups is 1. The van der Waals surface area contributed by atoms with Crippen LogP contribution in [-0.4, -0.2) is 29.8 Å². The predicted molar refractivity (Wildman–Crippen MR) is 98.6 cm³/mol. The minimum absolute atomic E-state index is 0.0194. The zero-order chi connectivity index (χ0) is 20.0. The Bertz CT molecular complexity index is 683. The van der Waals surface area contributed by atoms with Gasteiger partial charge in [0.05, 0.1) is 5.41 Å². The van der Waals surface area contributed by atoms with Crippen LogP contribution in [-0.2, 0) is 10.2 Å². The molecule has 1 spiro atoms. The Hall–Kier alpha value is -1.56. The number of halogens is 3. The van der Waals surface area contributed by atoms with Crippen LogP contribution in [0.15, 0.2) is 24.3 Å². The summed E-state index contributed by atoms with van der Waals surface area (Å²) in [6, 6.07) is 7.97. The molecule has 3 rings (SSSR count). The smallest absolute Gasteiger partial charge is 0.383 e. The molecule has 0 radical (unpaired) electrons. The Morgan fingerprint density at radius 2 is 1.63 bits per heavy atom. The molecule has 0 bridgehead atoms. The molecule has 150 valence electrons. The first-order valence-corrected chi connectivity index (χ1v) is 9.61. The van der Waals surface area contributed by atoms with Crippen LogP contribution in [0.1, 0.15) is 58.4 Å². The first-order valence-electron chi connectivity index (χ1n) is 9.61. The molecule has 1 aliphatic heterocycles. The number of rotatable bonds is 2. The molecule has 27 heavy (non-hydrogen) atoms. The van der Waals surface area contributed by atoms with E-state index in [-0.39, 0.29) is 24.2 Å². The Morgan fingerprint density at radius 1 is 1.07 bits per heavy atom. The molecule has 1 unspecified atom stereocenters. The Morgan fingerprint density at radius 3 is 2.11 bits per heavy atom. The minimum Gasteiger partial charge on any atom is -0.383 e. The average molecular weight is 383 g/mol. The summed E-state index contributed by atoms with van der Waals surface area (Å²) in [5, 5.41) is 9.51. The van der Waals surface area contributed by atoms with Crippen LogP contribution in [0.4, 0.5) is 18.9 Å². The molecule has 1 amide bonds. The summed E-state index contributed by atoms with van der Waals surface area (Å²) < 4.78 is 38.3. The summed E-state index contributed by atoms with van der Waals surface area (Å²) in [4.78, 5) is 14.9. The minimum atomic E-state index is -4.59. The molecule has 1 aromatic rings. The molecular weight excluding hydrogens is 355 g/mol. The maximum atomic E-state index is 13.1. The summed E-state index contributed by atoms with van der Waals surface area (Å²) in [7, 11) is 0. The SMILES string of the molecule is CC(C)(C)c1ccc(N2CC[C@]3(CC[C@@H](C(O)C(F)(F)F)CC3)C2=O)cc1. The van der Waals surface area contributed by atoms with Crippen molar-refractivity contribution in [3.63, 3.8) is 0 Å². The van der Waals surface area contributed by atoms with Crippen LogP contribution in [0.2, 0.25) is 0 Å². The fourth-order valence-corrected chi connectivity index (χ4v) is 4.45. The van der Waals surface area contributed by atoms with Crippen LogP contribution in [0.5, 0.6) is 0 Å². The van der Waals surface area contributed by atoms with Gasteiger partial charge in [-0.15, -0.1) is 0 Å². The summed E-state index contributed by atoms with van der Waals surface area (Å²) in [6.07, 6.45) is -4.89. The van der Waals surface area contributed by atoms with Crippen molar-refractivity contribution in [2.75, 3.05) is 11.4 Å². The van der Waals surface area contributed by atoms with Crippen molar-refractivity contribution in [1.82, 2.24) is 0 Å². The largest absolute Gasteiger partial charge is 0.414 e. The van der Waals surface area contributed by atoms with Gasteiger partial charge >= 0.3 is 6.18 Å². The molecule has 2 fully saturated rings. The normalized spacial score (nSPS) is 28.0. The molecule has 1 heterocycles. The molecule has 3 nitrogen and oxygen atoms in total. The molecule has 1 saturated heterocycles. The van der Waals surface area contributed by atoms with Gasteiger partial charge in [0.1, 0.15) is 0 Å². The van der Waals surface area contributed by atoms with Crippen molar-refractivity contribution in [1.29, 1.82) is 0 Å². The quantitative estimate of drug-likeness (QED) is 0.795. The fourth-order valence-electron chi connectivity index (χ4n) is 4.45. The van der Waals surface area contributed by atoms with Crippen LogP contribution in [0.25, 0.3) is 0 Å². The van der Waals surface area contributed by atoms with E-state index in [0.717, 1.165) is 5.69 Å². The highest BCUT2D eigenvalue weighted by molar-refractivity contribution is 6.00. The zero-order valence-electron chi connectivity index (χ0n) is 16.1. The second-order valence-electron chi connectivity index (χ2n) is 9.11. The van der Waals surface area contributed by atoms with E-state index < -0.39 is 23.6 Å². The second kappa shape index (κ2) is 6.80. The third kappa shape index (κ3) is 3.86. The lowest BCUT2D eigenvalue weighted by Crippen LogP contribution is -2.42. The number of anilines is 1. The Balaban J connectivity index is 1.69. The molecule has 1 saturated carbocycles. The van der Waals surface area contributed by atoms with E-state index in [9.17, 15) is 23.1 Å². The maximum absolute atomic E-state index is 13.1. The summed E-state index contributed by atoms with van der Waals surface area (Å²) in [6.45, 7) is 6.99. The lowest BCUT2D eigenvalue weighted by molar-refractivity contribution is -0.223. The molecule has 1 aliphatic carbocycles. The predicted octanol–water partition coefficient (Wildman–Crippen LogP) is 4.82. The Labute approximate surface area is 158 Å². The lowest BCUT2D eigenvalue weighted by atomic mass is 9.68. The van der Waals surface area contributed by atoms with Gasteiger partial charge in [-0.2, -0.15) is 13.2 Å². The molecule has 1 N–H and O–H groups in total. The van der Waals surface area contributed by atoms with E-state index in [0.29, 0.717) is 25.8 Å². The van der Waals surface area contributed by atoms with E-state index in [2.05, 4.69) is 20.8 Å². The monoisotopic (exact) mass is 383 g/mol. The highest BCUT2D eigenvalue weighted by Gasteiger charge is 2.52. The molecule has 0 aromatic heterocycles. The summed E-state index contributed by atoms with van der Waals surface area (Å²) >= 11 is 0. The number of amides is 1. The van der Waals surface area contributed by atoms with Crippen LogP contribution >= 0.6 is 0 Å². The Kier molecular flexibility index (Phi) is 5.08. The highest BCUT2D eigenvalue weighted by atomic mass is 19.4. The van der Waals surface area contributed by atoms with Gasteiger partial charge in [0.2, 0.25) is 5.91 Å². The van der Waals surface area contributed by atoms with Gasteiger partial charge in [-0.25, -0.2) is 0 Å². The maximum Gasteiger partial charge on any atom is 0.414 e. The molecular formula is C21H28F3NO2. The van der Waals surface area contributed by atoms with Gasteiger partial charge < -0.3 is 10.0 Å². The number of aliphatic hydroxyl groups excluding tert-OH is 1. The van der Waals surface area contributed by atoms with Gasteiger partial charge in [-0.1, -0.05) is 32.9 Å². The van der Waals surface area contributed by atoms with E-state index in [1.165, 1.54) is 5.56 Å². The van der Waals surface area contributed by atoms with E-state index in [1.807, 2.05) is 24.3 Å². The van der Waals surface area contributed by atoms with Crippen LogP contribution in [0.3, 0.4) is 0 Å². The van der Waals surface area contributed by atoms with Gasteiger partial charge in [-0.3, -0.25) is 4.79 Å². The molecule has 6 heteroatoms. The van der Waals surface area contributed by atoms with E-state index in [4.69, 9.17) is 0 Å². The summed E-state index contributed by atoms with van der Waals surface area (Å²) in [5.74, 6) is -0.783. The topological polar surface area (TPSA) is 40.5 Å². The van der Waals surface area contributed by atoms with E-state index >= 15 is 0 Å². The van der Waals surface area contributed by atoms with Gasteiger partial charge in [0.15, 0.2) is 6.10 Å². The number of aliphatic hydroxyl groups is 1. The van der Waals surface area contributed by atoms with E-state index in [1.54, 1.807) is 4.90 Å². The van der Waals surface area contributed by atoms with Crippen molar-refractivity contribution in [2.45, 2.75) is 70.6 Å². The van der Waals surface area contributed by atoms with Gasteiger partial charge in [0.25, 0.3) is 0 Å². The number of alkyl halides is 3. The zero-order valence-corrected chi connectivity index (χ0v) is 16.1. The van der Waals surface area contributed by atoms with Crippen LogP contribution in [0, 0.1) is 11.3 Å². The summed E-state index contributed by atoms with van der Waals surface area (Å²) in [5.41, 5.74) is 1.51. The number of benzene rings is 1. The first kappa shape index (κ1) is 20.2. The van der Waals surface area contributed by atoms with Crippen molar-refractivity contribution in [2.24, 2.45) is 11.3 Å².